The van der Waals surface area contributed by atoms with Gasteiger partial charge >= 0.3 is 0 Å². The smallest absolute Gasteiger partial charge is 0.255 e. The number of ketones is 2. The van der Waals surface area contributed by atoms with Gasteiger partial charge in [-0.25, -0.2) is 0 Å². The highest BCUT2D eigenvalue weighted by Crippen LogP contribution is 2.52. The van der Waals surface area contributed by atoms with Gasteiger partial charge in [-0.2, -0.15) is 0 Å². The number of benzene rings is 1. The number of carbonyl (C=O) groups excluding carboxylic acids is 3. The minimum absolute atomic E-state index is 0.00656. The number of allylic oxidation sites excluding steroid dienone is 1. The Hall–Kier alpha value is -4.06. The maximum atomic E-state index is 13.8. The maximum Gasteiger partial charge on any atom is 0.255 e. The molecule has 0 radical (unpaired) electrons. The predicted octanol–water partition coefficient (Wildman–Crippen LogP) is 0.805. The molecule has 2 aromatic rings. The normalized spacial score (nSPS) is 26.4. The first-order valence-corrected chi connectivity index (χ1v) is 12.6. The lowest BCUT2D eigenvalue weighted by Crippen LogP contribution is -2.63. The lowest BCUT2D eigenvalue weighted by Gasteiger charge is -2.50. The van der Waals surface area contributed by atoms with Crippen molar-refractivity contribution in [2.45, 2.75) is 37.6 Å². The Morgan fingerprint density at radius 2 is 1.90 bits per heavy atom. The van der Waals surface area contributed by atoms with Crippen molar-refractivity contribution in [2.75, 3.05) is 14.1 Å². The molecule has 4 atom stereocenters. The van der Waals surface area contributed by atoms with Crippen molar-refractivity contribution in [3.8, 4) is 5.75 Å². The Labute approximate surface area is 224 Å². The van der Waals surface area contributed by atoms with Crippen molar-refractivity contribution >= 4 is 17.5 Å². The topological polar surface area (TPSA) is 186 Å². The van der Waals surface area contributed by atoms with Crippen LogP contribution in [0.3, 0.4) is 0 Å². The molecular weight excluding hydrogens is 504 g/mol. The number of aromatic hydroxyl groups is 1. The summed E-state index contributed by atoms with van der Waals surface area (Å²) in [4.78, 5) is 45.0. The summed E-state index contributed by atoms with van der Waals surface area (Å²) in [5.41, 5.74) is 3.90. The SMILES string of the molecule is CN(C)[C@H]1C(O)=C(C(N)=O)C(=O)[C@@]2(O)C(O)=C3C(=O)c4c(O)ccc(CNCc5ccccn5)c4C[C@H]3C[C@@H]12. The molecule has 0 spiro atoms. The van der Waals surface area contributed by atoms with Crippen LogP contribution < -0.4 is 11.1 Å². The van der Waals surface area contributed by atoms with Crippen LogP contribution in [0.1, 0.15) is 33.6 Å². The van der Waals surface area contributed by atoms with Gasteiger partial charge in [0.2, 0.25) is 5.78 Å². The zero-order chi connectivity index (χ0) is 28.2. The van der Waals surface area contributed by atoms with Gasteiger partial charge in [-0.05, 0) is 62.2 Å². The molecule has 5 rings (SSSR count). The molecule has 0 saturated heterocycles. The number of aromatic nitrogens is 1. The van der Waals surface area contributed by atoms with E-state index >= 15 is 0 Å². The number of fused-ring (bicyclic) bond motifs is 3. The van der Waals surface area contributed by atoms with E-state index < -0.39 is 58.0 Å². The van der Waals surface area contributed by atoms with Crippen molar-refractivity contribution in [1.29, 1.82) is 0 Å². The molecule has 0 fully saturated rings. The Balaban J connectivity index is 1.57. The third kappa shape index (κ3) is 4.01. The van der Waals surface area contributed by atoms with E-state index in [1.54, 1.807) is 26.4 Å². The van der Waals surface area contributed by atoms with Gasteiger partial charge in [-0.15, -0.1) is 0 Å². The minimum atomic E-state index is -2.65. The molecule has 0 saturated carbocycles. The zero-order valence-corrected chi connectivity index (χ0v) is 21.5. The number of likely N-dealkylation sites (N-methyl/N-ethyl adjacent to an activating group) is 1. The largest absolute Gasteiger partial charge is 0.510 e. The Morgan fingerprint density at radius 3 is 2.54 bits per heavy atom. The van der Waals surface area contributed by atoms with Gasteiger partial charge in [0.25, 0.3) is 5.91 Å². The highest BCUT2D eigenvalue weighted by atomic mass is 16.3. The van der Waals surface area contributed by atoms with Gasteiger partial charge in [0.1, 0.15) is 22.8 Å². The number of aliphatic hydroxyl groups excluding tert-OH is 2. The van der Waals surface area contributed by atoms with Crippen molar-refractivity contribution in [1.82, 2.24) is 15.2 Å². The molecule has 7 N–H and O–H groups in total. The molecule has 3 aliphatic carbocycles. The molecule has 1 amide bonds. The zero-order valence-electron chi connectivity index (χ0n) is 21.5. The van der Waals surface area contributed by atoms with Crippen molar-refractivity contribution in [2.24, 2.45) is 17.6 Å². The van der Waals surface area contributed by atoms with Crippen LogP contribution in [0.15, 0.2) is 59.2 Å². The van der Waals surface area contributed by atoms with Crippen LogP contribution in [0.2, 0.25) is 0 Å². The summed E-state index contributed by atoms with van der Waals surface area (Å²) in [7, 11) is 3.19. The van der Waals surface area contributed by atoms with Crippen molar-refractivity contribution < 1.29 is 34.8 Å². The summed E-state index contributed by atoms with van der Waals surface area (Å²) in [6.07, 6.45) is 1.98. The summed E-state index contributed by atoms with van der Waals surface area (Å²) in [6, 6.07) is 7.67. The minimum Gasteiger partial charge on any atom is -0.510 e. The van der Waals surface area contributed by atoms with Crippen LogP contribution in [0.4, 0.5) is 0 Å². The summed E-state index contributed by atoms with van der Waals surface area (Å²) < 4.78 is 0. The highest BCUT2D eigenvalue weighted by Gasteiger charge is 2.63. The van der Waals surface area contributed by atoms with Crippen LogP contribution in [0, 0.1) is 11.8 Å². The van der Waals surface area contributed by atoms with E-state index in [0.29, 0.717) is 18.7 Å². The lowest BCUT2D eigenvalue weighted by atomic mass is 9.58. The van der Waals surface area contributed by atoms with Gasteiger partial charge in [0, 0.05) is 30.8 Å². The molecule has 39 heavy (non-hydrogen) atoms. The summed E-state index contributed by atoms with van der Waals surface area (Å²) in [6.45, 7) is 0.858. The number of pyridine rings is 1. The predicted molar refractivity (Wildman–Crippen MR) is 138 cm³/mol. The number of phenols is 1. The van der Waals surface area contributed by atoms with Crippen molar-refractivity contribution in [3.05, 3.63) is 81.6 Å². The molecule has 0 aliphatic heterocycles. The number of aliphatic hydroxyl groups is 3. The fraction of sp³-hybridized carbons (Fsp3) is 0.357. The number of Topliss-reactive ketones (excluding diaryl/α,β-unsaturated/α-hetero) is 2. The standard InChI is InChI=1S/C28H30N4O7/c1-32(2)22-17-10-14-9-16-13(11-30-12-15-5-3-4-8-31-15)6-7-18(33)20(16)23(34)19(14)25(36)28(17,39)26(37)21(24(22)35)27(29)38/h3-8,14,17,22,30,33,35-36,39H,9-12H2,1-2H3,(H2,29,38)/t14-,17-,22+,28-/m0/s1. The average molecular weight is 535 g/mol. The average Bonchev–Trinajstić information content (AvgIpc) is 2.87. The van der Waals surface area contributed by atoms with Crippen molar-refractivity contribution in [3.63, 3.8) is 0 Å². The molecule has 11 nitrogen and oxygen atoms in total. The van der Waals surface area contributed by atoms with E-state index in [1.165, 1.54) is 11.0 Å². The first-order valence-electron chi connectivity index (χ1n) is 12.6. The Morgan fingerprint density at radius 1 is 1.15 bits per heavy atom. The molecule has 11 heteroatoms. The fourth-order valence-corrected chi connectivity index (χ4v) is 6.31. The van der Waals surface area contributed by atoms with Gasteiger partial charge in [0.05, 0.1) is 17.3 Å². The second-order valence-electron chi connectivity index (χ2n) is 10.5. The van der Waals surface area contributed by atoms with Crippen LogP contribution in [0.25, 0.3) is 0 Å². The Bertz CT molecular complexity index is 1450. The van der Waals surface area contributed by atoms with Gasteiger partial charge < -0.3 is 31.5 Å². The number of nitrogens with two attached hydrogens (primary N) is 1. The number of phenolic OH excluding ortho intramolecular Hbond substituents is 1. The second-order valence-corrected chi connectivity index (χ2v) is 10.5. The Kier molecular flexibility index (Phi) is 6.53. The van der Waals surface area contributed by atoms with Crippen LogP contribution in [-0.2, 0) is 29.1 Å². The molecular formula is C28H30N4O7. The summed E-state index contributed by atoms with van der Waals surface area (Å²) in [5, 5.41) is 47.8. The van der Waals surface area contributed by atoms with Crippen LogP contribution >= 0.6 is 0 Å². The molecule has 204 valence electrons. The van der Waals surface area contributed by atoms with Crippen LogP contribution in [-0.4, -0.2) is 73.5 Å². The lowest BCUT2D eigenvalue weighted by molar-refractivity contribution is -0.148. The summed E-state index contributed by atoms with van der Waals surface area (Å²) in [5.74, 6) is -6.65. The monoisotopic (exact) mass is 534 g/mol. The quantitative estimate of drug-likeness (QED) is 0.290. The maximum absolute atomic E-state index is 13.8. The molecule has 1 aromatic carbocycles. The van der Waals surface area contributed by atoms with E-state index in [2.05, 4.69) is 10.3 Å². The first kappa shape index (κ1) is 26.5. The van der Waals surface area contributed by atoms with E-state index in [-0.39, 0.29) is 29.7 Å². The van der Waals surface area contributed by atoms with Gasteiger partial charge in [-0.1, -0.05) is 12.1 Å². The third-order valence-corrected chi connectivity index (χ3v) is 8.05. The van der Waals surface area contributed by atoms with E-state index in [4.69, 9.17) is 5.73 Å². The van der Waals surface area contributed by atoms with Crippen LogP contribution in [0.5, 0.6) is 5.75 Å². The third-order valence-electron chi connectivity index (χ3n) is 8.05. The van der Waals surface area contributed by atoms with E-state index in [9.17, 15) is 34.8 Å². The van der Waals surface area contributed by atoms with E-state index in [1.807, 2.05) is 18.2 Å². The number of primary amides is 1. The number of hydrogen-bond acceptors (Lipinski definition) is 10. The highest BCUT2D eigenvalue weighted by molar-refractivity contribution is 6.24. The molecule has 1 aromatic heterocycles. The fourth-order valence-electron chi connectivity index (χ4n) is 6.31. The first-order chi connectivity index (χ1) is 18.5. The molecule has 0 unspecified atom stereocenters. The number of amides is 1. The van der Waals surface area contributed by atoms with Gasteiger partial charge in [-0.3, -0.25) is 24.3 Å². The second kappa shape index (κ2) is 9.60. The number of carbonyl (C=O) groups is 3. The number of nitrogens with one attached hydrogen (secondary N) is 1. The number of nitrogens with zero attached hydrogens (tertiary/aromatic N) is 2. The molecule has 0 bridgehead atoms. The van der Waals surface area contributed by atoms with Gasteiger partial charge in [0.15, 0.2) is 11.4 Å². The number of rotatable bonds is 6. The molecule has 1 heterocycles. The molecule has 3 aliphatic rings. The number of hydrogen-bond donors (Lipinski definition) is 6. The summed E-state index contributed by atoms with van der Waals surface area (Å²) >= 11 is 0. The van der Waals surface area contributed by atoms with E-state index in [0.717, 1.165) is 11.3 Å².